The van der Waals surface area contributed by atoms with Crippen molar-refractivity contribution in [1.82, 2.24) is 19.9 Å². The number of hydrogen-bond acceptors (Lipinski definition) is 4. The maximum Gasteiger partial charge on any atom is 0.164 e. The van der Waals surface area contributed by atoms with Gasteiger partial charge in [-0.1, -0.05) is 103 Å². The molecule has 7 aromatic rings. The first-order valence-corrected chi connectivity index (χ1v) is 15.0. The highest BCUT2D eigenvalue weighted by atomic mass is 15.0. The van der Waals surface area contributed by atoms with Gasteiger partial charge in [-0.3, -0.25) is 4.98 Å². The fourth-order valence-electron chi connectivity index (χ4n) is 6.04. The number of benzene rings is 5. The summed E-state index contributed by atoms with van der Waals surface area (Å²) in [6.45, 7) is 0. The van der Waals surface area contributed by atoms with Gasteiger partial charge in [-0.05, 0) is 81.4 Å². The summed E-state index contributed by atoms with van der Waals surface area (Å²) in [5, 5.41) is 4.90. The predicted molar refractivity (Wildman–Crippen MR) is 181 cm³/mol. The van der Waals surface area contributed by atoms with Crippen LogP contribution in [0.15, 0.2) is 146 Å². The van der Waals surface area contributed by atoms with Crippen molar-refractivity contribution in [3.8, 4) is 45.0 Å². The number of allylic oxidation sites excluding steroid dienone is 4. The summed E-state index contributed by atoms with van der Waals surface area (Å²) in [6, 6.07) is 40.4. The second-order valence-electron chi connectivity index (χ2n) is 11.0. The molecule has 0 saturated heterocycles. The summed E-state index contributed by atoms with van der Waals surface area (Å²) in [7, 11) is 0. The van der Waals surface area contributed by atoms with Crippen LogP contribution in [0, 0.1) is 0 Å². The Bertz CT molecular complexity index is 2220. The first kappa shape index (κ1) is 25.9. The molecule has 0 amide bonds. The van der Waals surface area contributed by atoms with Gasteiger partial charge < -0.3 is 0 Å². The van der Waals surface area contributed by atoms with Gasteiger partial charge in [0.25, 0.3) is 0 Å². The van der Waals surface area contributed by atoms with Crippen LogP contribution in [0.5, 0.6) is 0 Å². The van der Waals surface area contributed by atoms with Crippen molar-refractivity contribution >= 4 is 27.1 Å². The highest BCUT2D eigenvalue weighted by Gasteiger charge is 2.17. The zero-order valence-electron chi connectivity index (χ0n) is 24.1. The van der Waals surface area contributed by atoms with Gasteiger partial charge >= 0.3 is 0 Å². The zero-order valence-corrected chi connectivity index (χ0v) is 24.1. The van der Waals surface area contributed by atoms with Gasteiger partial charge in [0.2, 0.25) is 0 Å². The Morgan fingerprint density at radius 3 is 1.95 bits per heavy atom. The molecule has 4 nitrogen and oxygen atoms in total. The fourth-order valence-corrected chi connectivity index (χ4v) is 6.04. The molecule has 0 unspecified atom stereocenters. The van der Waals surface area contributed by atoms with Crippen molar-refractivity contribution in [3.05, 3.63) is 152 Å². The molecule has 1 aliphatic carbocycles. The maximum absolute atomic E-state index is 5.08. The van der Waals surface area contributed by atoms with E-state index in [-0.39, 0.29) is 0 Å². The number of pyridine rings is 1. The van der Waals surface area contributed by atoms with Crippen LogP contribution in [0.25, 0.3) is 72.1 Å². The van der Waals surface area contributed by atoms with Gasteiger partial charge in [0.15, 0.2) is 17.5 Å². The average molecular weight is 565 g/mol. The molecular formula is C40H28N4. The van der Waals surface area contributed by atoms with Crippen LogP contribution >= 0.6 is 0 Å². The van der Waals surface area contributed by atoms with Crippen molar-refractivity contribution in [2.75, 3.05) is 0 Å². The molecule has 2 heterocycles. The van der Waals surface area contributed by atoms with Crippen LogP contribution in [-0.2, 0) is 0 Å². The third kappa shape index (κ3) is 4.87. The standard InChI is InChI=1S/C40H28N4/c1-3-12-27(13-4-1)38-42-39(28-14-5-2-6-15-28)44-40(43-38)33-23-31(30-17-11-21-41-26-30)22-32(24-33)37-25-29-16-7-8-18-34(29)35-19-9-10-20-36(35)37/h1,3-5,7-26H,2,6H2. The molecule has 44 heavy (non-hydrogen) atoms. The van der Waals surface area contributed by atoms with E-state index < -0.39 is 0 Å². The molecule has 5 aromatic carbocycles. The van der Waals surface area contributed by atoms with E-state index in [2.05, 4.69) is 102 Å². The van der Waals surface area contributed by atoms with Crippen LogP contribution in [0.4, 0.5) is 0 Å². The lowest BCUT2D eigenvalue weighted by Crippen LogP contribution is -2.03. The Kier molecular flexibility index (Phi) is 6.58. The van der Waals surface area contributed by atoms with Crippen molar-refractivity contribution in [1.29, 1.82) is 0 Å². The molecular weight excluding hydrogens is 536 g/mol. The van der Waals surface area contributed by atoms with E-state index in [1.54, 1.807) is 6.20 Å². The minimum absolute atomic E-state index is 0.644. The predicted octanol–water partition coefficient (Wildman–Crippen LogP) is 9.97. The van der Waals surface area contributed by atoms with Crippen LogP contribution in [-0.4, -0.2) is 19.9 Å². The number of aromatic nitrogens is 4. The maximum atomic E-state index is 5.08. The minimum atomic E-state index is 0.644. The average Bonchev–Trinajstić information content (AvgIpc) is 3.12. The first-order chi connectivity index (χ1) is 21.8. The fraction of sp³-hybridized carbons (Fsp3) is 0.0500. The summed E-state index contributed by atoms with van der Waals surface area (Å²) >= 11 is 0. The Morgan fingerprint density at radius 2 is 1.16 bits per heavy atom. The topological polar surface area (TPSA) is 51.6 Å². The Hall–Kier alpha value is -5.74. The summed E-state index contributed by atoms with van der Waals surface area (Å²) < 4.78 is 0. The van der Waals surface area contributed by atoms with Gasteiger partial charge in [-0.25, -0.2) is 15.0 Å². The van der Waals surface area contributed by atoms with Gasteiger partial charge in [-0.2, -0.15) is 0 Å². The van der Waals surface area contributed by atoms with Crippen LogP contribution in [0.1, 0.15) is 18.7 Å². The molecule has 0 radical (unpaired) electrons. The van der Waals surface area contributed by atoms with E-state index in [4.69, 9.17) is 15.0 Å². The monoisotopic (exact) mass is 564 g/mol. The van der Waals surface area contributed by atoms with Crippen molar-refractivity contribution in [2.45, 2.75) is 12.8 Å². The highest BCUT2D eigenvalue weighted by Crippen LogP contribution is 2.38. The second kappa shape index (κ2) is 11.2. The molecule has 0 N–H and O–H groups in total. The number of nitrogens with zero attached hydrogens (tertiary/aromatic N) is 4. The molecule has 0 fully saturated rings. The number of rotatable bonds is 5. The molecule has 1 aliphatic rings. The minimum Gasteiger partial charge on any atom is -0.264 e. The molecule has 4 heteroatoms. The van der Waals surface area contributed by atoms with Gasteiger partial charge in [0.1, 0.15) is 0 Å². The summed E-state index contributed by atoms with van der Waals surface area (Å²) in [4.78, 5) is 19.5. The third-order valence-electron chi connectivity index (χ3n) is 8.19. The van der Waals surface area contributed by atoms with Gasteiger partial charge in [0.05, 0.1) is 0 Å². The molecule has 0 bridgehead atoms. The van der Waals surface area contributed by atoms with Crippen LogP contribution in [0.3, 0.4) is 0 Å². The SMILES string of the molecule is C1=CC(c2nc(-c3ccccc3)nc(-c3cc(-c4cccnc4)cc(-c4cc5ccccc5c5ccccc45)c3)n2)=CCC1. The molecule has 0 saturated carbocycles. The Morgan fingerprint density at radius 1 is 0.477 bits per heavy atom. The van der Waals surface area contributed by atoms with E-state index >= 15 is 0 Å². The van der Waals surface area contributed by atoms with Crippen LogP contribution < -0.4 is 0 Å². The quantitative estimate of drug-likeness (QED) is 0.195. The summed E-state index contributed by atoms with van der Waals surface area (Å²) in [5.74, 6) is 2.00. The number of fused-ring (bicyclic) bond motifs is 3. The first-order valence-electron chi connectivity index (χ1n) is 15.0. The second-order valence-corrected chi connectivity index (χ2v) is 11.0. The summed E-state index contributed by atoms with van der Waals surface area (Å²) in [5.41, 5.74) is 7.28. The van der Waals surface area contributed by atoms with E-state index in [0.717, 1.165) is 46.2 Å². The lowest BCUT2D eigenvalue weighted by molar-refractivity contribution is 1.01. The van der Waals surface area contributed by atoms with Crippen LogP contribution in [0.2, 0.25) is 0 Å². The van der Waals surface area contributed by atoms with Crippen molar-refractivity contribution < 1.29 is 0 Å². The largest absolute Gasteiger partial charge is 0.264 e. The van der Waals surface area contributed by atoms with Gasteiger partial charge in [-0.15, -0.1) is 0 Å². The lowest BCUT2D eigenvalue weighted by Gasteiger charge is -2.15. The zero-order chi connectivity index (χ0) is 29.3. The van der Waals surface area contributed by atoms with Gasteiger partial charge in [0, 0.05) is 34.7 Å². The molecule has 208 valence electrons. The Labute approximate surface area is 256 Å². The summed E-state index contributed by atoms with van der Waals surface area (Å²) in [6.07, 6.45) is 12.2. The number of hydrogen-bond donors (Lipinski definition) is 0. The highest BCUT2D eigenvalue weighted by molar-refractivity contribution is 6.14. The Balaban J connectivity index is 1.40. The van der Waals surface area contributed by atoms with Crippen molar-refractivity contribution in [3.63, 3.8) is 0 Å². The van der Waals surface area contributed by atoms with Crippen molar-refractivity contribution in [2.24, 2.45) is 0 Å². The molecule has 8 rings (SSSR count). The van der Waals surface area contributed by atoms with E-state index in [1.807, 2.05) is 42.6 Å². The molecule has 2 aromatic heterocycles. The smallest absolute Gasteiger partial charge is 0.164 e. The third-order valence-corrected chi connectivity index (χ3v) is 8.19. The van der Waals surface area contributed by atoms with E-state index in [9.17, 15) is 0 Å². The normalized spacial score (nSPS) is 12.9. The molecule has 0 atom stereocenters. The lowest BCUT2D eigenvalue weighted by atomic mass is 9.90. The van der Waals surface area contributed by atoms with E-state index in [1.165, 1.54) is 27.1 Å². The molecule has 0 aliphatic heterocycles. The molecule has 0 spiro atoms. The van der Waals surface area contributed by atoms with E-state index in [0.29, 0.717) is 17.5 Å².